The van der Waals surface area contributed by atoms with Gasteiger partial charge in [0.25, 0.3) is 0 Å². The third-order valence-electron chi connectivity index (χ3n) is 5.10. The molecule has 0 atom stereocenters. The van der Waals surface area contributed by atoms with Crippen molar-refractivity contribution in [1.82, 2.24) is 4.31 Å². The predicted molar refractivity (Wildman–Crippen MR) is 114 cm³/mol. The molecule has 1 fully saturated rings. The van der Waals surface area contributed by atoms with E-state index >= 15 is 0 Å². The van der Waals surface area contributed by atoms with Gasteiger partial charge in [0, 0.05) is 36.8 Å². The summed E-state index contributed by atoms with van der Waals surface area (Å²) >= 11 is 6.03. The van der Waals surface area contributed by atoms with E-state index in [4.69, 9.17) is 16.3 Å². The van der Waals surface area contributed by atoms with Gasteiger partial charge in [0.15, 0.2) is 0 Å². The molecule has 0 bridgehead atoms. The van der Waals surface area contributed by atoms with Crippen molar-refractivity contribution in [3.05, 3.63) is 53.6 Å². The number of halogens is 1. The topological polar surface area (TPSA) is 66.9 Å². The van der Waals surface area contributed by atoms with Crippen molar-refractivity contribution in [3.63, 3.8) is 0 Å². The van der Waals surface area contributed by atoms with Gasteiger partial charge in [-0.25, -0.2) is 8.42 Å². The zero-order valence-corrected chi connectivity index (χ0v) is 18.1. The van der Waals surface area contributed by atoms with Crippen LogP contribution in [-0.2, 0) is 14.8 Å². The van der Waals surface area contributed by atoms with Crippen molar-refractivity contribution < 1.29 is 17.9 Å². The molecule has 2 aromatic carbocycles. The van der Waals surface area contributed by atoms with E-state index in [9.17, 15) is 13.2 Å². The molecule has 0 aliphatic carbocycles. The van der Waals surface area contributed by atoms with Crippen LogP contribution in [0.3, 0.4) is 0 Å². The molecule has 0 saturated carbocycles. The Morgan fingerprint density at radius 1 is 1.17 bits per heavy atom. The van der Waals surface area contributed by atoms with E-state index in [1.165, 1.54) is 10.4 Å². The maximum absolute atomic E-state index is 13.2. The number of carbonyl (C=O) groups excluding carboxylic acids is 1. The second-order valence-corrected chi connectivity index (χ2v) is 9.28. The summed E-state index contributed by atoms with van der Waals surface area (Å²) < 4.78 is 33.2. The largest absolute Gasteiger partial charge is 0.492 e. The molecule has 156 valence electrons. The number of rotatable bonds is 6. The third-order valence-corrected chi connectivity index (χ3v) is 7.26. The van der Waals surface area contributed by atoms with Crippen LogP contribution in [0.4, 0.5) is 5.69 Å². The fraction of sp³-hybridized carbons (Fsp3) is 0.381. The highest BCUT2D eigenvalue weighted by atomic mass is 35.5. The molecule has 8 heteroatoms. The van der Waals surface area contributed by atoms with Crippen LogP contribution < -0.4 is 9.64 Å². The van der Waals surface area contributed by atoms with Crippen LogP contribution in [-0.4, -0.2) is 45.4 Å². The number of sulfonamides is 1. The van der Waals surface area contributed by atoms with E-state index in [1.54, 1.807) is 31.0 Å². The lowest BCUT2D eigenvalue weighted by Gasteiger charge is -2.32. The Bertz CT molecular complexity index is 958. The average Bonchev–Trinajstić information content (AvgIpc) is 2.74. The Morgan fingerprint density at radius 2 is 1.83 bits per heavy atom. The molecule has 0 unspecified atom stereocenters. The Balaban J connectivity index is 1.72. The zero-order valence-electron chi connectivity index (χ0n) is 16.5. The summed E-state index contributed by atoms with van der Waals surface area (Å²) in [6.45, 7) is 2.71. The molecule has 2 aromatic rings. The van der Waals surface area contributed by atoms with Crippen molar-refractivity contribution >= 4 is 33.2 Å². The van der Waals surface area contributed by atoms with Gasteiger partial charge in [-0.05, 0) is 50.1 Å². The van der Waals surface area contributed by atoms with Crippen LogP contribution in [0.25, 0.3) is 0 Å². The Morgan fingerprint density at radius 3 is 2.45 bits per heavy atom. The SMILES string of the molecule is CCOc1ccc(Cl)cc1S(=O)(=O)N1CCC(C(=O)N(C)c2ccccc2)CC1. The summed E-state index contributed by atoms with van der Waals surface area (Å²) in [5.74, 6) is 0.0855. The second-order valence-electron chi connectivity index (χ2n) is 6.94. The van der Waals surface area contributed by atoms with E-state index in [0.717, 1.165) is 5.69 Å². The van der Waals surface area contributed by atoms with Gasteiger partial charge in [0.2, 0.25) is 15.9 Å². The molecular formula is C21H25ClN2O4S. The molecule has 0 radical (unpaired) electrons. The van der Waals surface area contributed by atoms with Crippen LogP contribution in [0.1, 0.15) is 19.8 Å². The Kier molecular flexibility index (Phi) is 6.82. The van der Waals surface area contributed by atoms with Crippen LogP contribution in [0.5, 0.6) is 5.75 Å². The van der Waals surface area contributed by atoms with Crippen LogP contribution in [0.2, 0.25) is 5.02 Å². The lowest BCUT2D eigenvalue weighted by molar-refractivity contribution is -0.123. The number of nitrogens with zero attached hydrogens (tertiary/aromatic N) is 2. The summed E-state index contributed by atoms with van der Waals surface area (Å²) in [5.41, 5.74) is 0.827. The number of hydrogen-bond donors (Lipinski definition) is 0. The minimum absolute atomic E-state index is 0.00556. The molecule has 1 aliphatic heterocycles. The molecule has 1 heterocycles. The maximum Gasteiger partial charge on any atom is 0.246 e. The predicted octanol–water partition coefficient (Wildman–Crippen LogP) is 3.80. The van der Waals surface area contributed by atoms with Gasteiger partial charge in [-0.2, -0.15) is 4.31 Å². The number of ether oxygens (including phenoxy) is 1. The fourth-order valence-corrected chi connectivity index (χ4v) is 5.36. The molecule has 0 spiro atoms. The van der Waals surface area contributed by atoms with Crippen LogP contribution in [0, 0.1) is 5.92 Å². The number of piperidine rings is 1. The summed E-state index contributed by atoms with van der Waals surface area (Å²) in [6, 6.07) is 14.0. The first-order valence-corrected chi connectivity index (χ1v) is 11.4. The number of benzene rings is 2. The van der Waals surface area contributed by atoms with Gasteiger partial charge in [0.05, 0.1) is 6.61 Å². The van der Waals surface area contributed by atoms with E-state index in [-0.39, 0.29) is 29.8 Å². The zero-order chi connectivity index (χ0) is 21.0. The summed E-state index contributed by atoms with van der Waals surface area (Å²) in [7, 11) is -2.01. The summed E-state index contributed by atoms with van der Waals surface area (Å²) in [5, 5.41) is 0.335. The molecule has 3 rings (SSSR count). The molecule has 1 saturated heterocycles. The standard InChI is InChI=1S/C21H25ClN2O4S/c1-3-28-19-10-9-17(22)15-20(19)29(26,27)24-13-11-16(12-14-24)21(25)23(2)18-7-5-4-6-8-18/h4-10,15-16H,3,11-14H2,1-2H3. The van der Waals surface area contributed by atoms with E-state index < -0.39 is 10.0 Å². The van der Waals surface area contributed by atoms with Crippen molar-refractivity contribution in [2.75, 3.05) is 31.6 Å². The highest BCUT2D eigenvalue weighted by Crippen LogP contribution is 2.32. The van der Waals surface area contributed by atoms with Gasteiger partial charge in [-0.15, -0.1) is 0 Å². The number of amides is 1. The lowest BCUT2D eigenvalue weighted by Crippen LogP contribution is -2.43. The number of hydrogen-bond acceptors (Lipinski definition) is 4. The number of carbonyl (C=O) groups is 1. The van der Waals surface area contributed by atoms with Gasteiger partial charge >= 0.3 is 0 Å². The van der Waals surface area contributed by atoms with Crippen molar-refractivity contribution in [1.29, 1.82) is 0 Å². The van der Waals surface area contributed by atoms with Crippen molar-refractivity contribution in [2.45, 2.75) is 24.7 Å². The Labute approximate surface area is 177 Å². The second kappa shape index (κ2) is 9.15. The average molecular weight is 437 g/mol. The maximum atomic E-state index is 13.2. The van der Waals surface area contributed by atoms with Gasteiger partial charge in [0.1, 0.15) is 10.6 Å². The van der Waals surface area contributed by atoms with E-state index in [0.29, 0.717) is 30.2 Å². The van der Waals surface area contributed by atoms with E-state index in [2.05, 4.69) is 0 Å². The minimum Gasteiger partial charge on any atom is -0.492 e. The molecule has 0 N–H and O–H groups in total. The van der Waals surface area contributed by atoms with Gasteiger partial charge < -0.3 is 9.64 Å². The molecular weight excluding hydrogens is 412 g/mol. The normalized spacial score (nSPS) is 15.8. The van der Waals surface area contributed by atoms with Gasteiger partial charge in [-0.1, -0.05) is 29.8 Å². The summed E-state index contributed by atoms with van der Waals surface area (Å²) in [6.07, 6.45) is 0.944. The smallest absolute Gasteiger partial charge is 0.246 e. The highest BCUT2D eigenvalue weighted by Gasteiger charge is 2.35. The minimum atomic E-state index is -3.76. The third kappa shape index (κ3) is 4.74. The Hall–Kier alpha value is -2.09. The molecule has 0 aromatic heterocycles. The van der Waals surface area contributed by atoms with Crippen molar-refractivity contribution in [2.24, 2.45) is 5.92 Å². The monoisotopic (exact) mass is 436 g/mol. The highest BCUT2D eigenvalue weighted by molar-refractivity contribution is 7.89. The van der Waals surface area contributed by atoms with Gasteiger partial charge in [-0.3, -0.25) is 4.79 Å². The number of anilines is 1. The first-order valence-electron chi connectivity index (χ1n) is 9.59. The first-order chi connectivity index (χ1) is 13.8. The summed E-state index contributed by atoms with van der Waals surface area (Å²) in [4.78, 5) is 14.5. The molecule has 6 nitrogen and oxygen atoms in total. The lowest BCUT2D eigenvalue weighted by atomic mass is 9.96. The first kappa shape index (κ1) is 21.6. The number of para-hydroxylation sites is 1. The molecule has 1 aliphatic rings. The quantitative estimate of drug-likeness (QED) is 0.690. The molecule has 29 heavy (non-hydrogen) atoms. The van der Waals surface area contributed by atoms with Crippen molar-refractivity contribution in [3.8, 4) is 5.75 Å². The van der Waals surface area contributed by atoms with E-state index in [1.807, 2.05) is 30.3 Å². The molecule has 1 amide bonds. The van der Waals surface area contributed by atoms with Crippen LogP contribution >= 0.6 is 11.6 Å². The van der Waals surface area contributed by atoms with Crippen LogP contribution in [0.15, 0.2) is 53.4 Å². The fourth-order valence-electron chi connectivity index (χ4n) is 3.49.